The van der Waals surface area contributed by atoms with E-state index in [1.807, 2.05) is 25.1 Å². The van der Waals surface area contributed by atoms with Crippen LogP contribution in [0.1, 0.15) is 18.4 Å². The number of thioether (sulfide) groups is 1. The van der Waals surface area contributed by atoms with Crippen LogP contribution in [-0.4, -0.2) is 40.9 Å². The molecule has 29 heavy (non-hydrogen) atoms. The molecule has 0 bridgehead atoms. The van der Waals surface area contributed by atoms with Crippen LogP contribution in [0.4, 0.5) is 4.39 Å². The van der Waals surface area contributed by atoms with Crippen molar-refractivity contribution in [2.75, 3.05) is 18.9 Å². The molecule has 1 aliphatic heterocycles. The first-order valence-corrected chi connectivity index (χ1v) is 10.6. The van der Waals surface area contributed by atoms with Gasteiger partial charge in [-0.15, -0.1) is 0 Å². The van der Waals surface area contributed by atoms with E-state index in [1.165, 1.54) is 23.9 Å². The Morgan fingerprint density at radius 1 is 1.24 bits per heavy atom. The minimum Gasteiger partial charge on any atom is -0.376 e. The number of hydrogen-bond acceptors (Lipinski definition) is 5. The van der Waals surface area contributed by atoms with Gasteiger partial charge in [-0.1, -0.05) is 23.4 Å². The molecule has 1 amide bonds. The molecular weight excluding hydrogens is 389 g/mol. The van der Waals surface area contributed by atoms with Crippen LogP contribution < -0.4 is 5.32 Å². The fourth-order valence-corrected chi connectivity index (χ4v) is 4.11. The van der Waals surface area contributed by atoms with E-state index in [4.69, 9.17) is 4.74 Å². The first-order chi connectivity index (χ1) is 14.1. The number of nitrogens with zero attached hydrogens (tertiary/aromatic N) is 2. The molecule has 1 aliphatic rings. The number of carbonyl (C=O) groups is 1. The highest BCUT2D eigenvalue weighted by atomic mass is 32.2. The molecule has 3 aromatic rings. The molecule has 1 saturated heterocycles. The lowest BCUT2D eigenvalue weighted by Crippen LogP contribution is -2.32. The maximum absolute atomic E-state index is 13.3. The summed E-state index contributed by atoms with van der Waals surface area (Å²) in [5.41, 5.74) is 2.63. The number of benzene rings is 2. The van der Waals surface area contributed by atoms with Crippen LogP contribution in [0.3, 0.4) is 0 Å². The SMILES string of the molecule is Cc1ccc2nc(-c3ccc(F)cc3)nc(SCC(=O)NC[C@@H]3CCCO3)c2c1. The van der Waals surface area contributed by atoms with E-state index in [2.05, 4.69) is 15.3 Å². The van der Waals surface area contributed by atoms with E-state index in [1.54, 1.807) is 12.1 Å². The van der Waals surface area contributed by atoms with Crippen LogP contribution in [0, 0.1) is 12.7 Å². The largest absolute Gasteiger partial charge is 0.376 e. The van der Waals surface area contributed by atoms with E-state index in [9.17, 15) is 9.18 Å². The molecule has 1 N–H and O–H groups in total. The normalized spacial score (nSPS) is 16.3. The lowest BCUT2D eigenvalue weighted by molar-refractivity contribution is -0.119. The third kappa shape index (κ3) is 4.92. The van der Waals surface area contributed by atoms with Crippen molar-refractivity contribution in [1.82, 2.24) is 15.3 Å². The smallest absolute Gasteiger partial charge is 0.230 e. The molecule has 150 valence electrons. The molecule has 0 aliphatic carbocycles. The second kappa shape index (κ2) is 8.88. The van der Waals surface area contributed by atoms with Crippen LogP contribution >= 0.6 is 11.8 Å². The van der Waals surface area contributed by atoms with Gasteiger partial charge in [0.05, 0.1) is 17.4 Å². The summed E-state index contributed by atoms with van der Waals surface area (Å²) in [4.78, 5) is 21.6. The fourth-order valence-electron chi connectivity index (χ4n) is 3.27. The minimum atomic E-state index is -0.303. The summed E-state index contributed by atoms with van der Waals surface area (Å²) in [5.74, 6) is 0.426. The first kappa shape index (κ1) is 19.8. The van der Waals surface area contributed by atoms with Gasteiger partial charge in [0.1, 0.15) is 10.8 Å². The molecular formula is C22H22FN3O2S. The van der Waals surface area contributed by atoms with Crippen LogP contribution in [0.15, 0.2) is 47.5 Å². The molecule has 2 heterocycles. The summed E-state index contributed by atoms with van der Waals surface area (Å²) in [6.45, 7) is 3.33. The van der Waals surface area contributed by atoms with Gasteiger partial charge in [-0.05, 0) is 56.2 Å². The number of ether oxygens (including phenoxy) is 1. The molecule has 7 heteroatoms. The summed E-state index contributed by atoms with van der Waals surface area (Å²) in [5, 5.41) is 4.59. The Hall–Kier alpha value is -2.51. The molecule has 2 aromatic carbocycles. The average molecular weight is 412 g/mol. The van der Waals surface area contributed by atoms with Crippen molar-refractivity contribution < 1.29 is 13.9 Å². The molecule has 1 aromatic heterocycles. The highest BCUT2D eigenvalue weighted by Crippen LogP contribution is 2.29. The third-order valence-electron chi connectivity index (χ3n) is 4.81. The zero-order chi connectivity index (χ0) is 20.2. The first-order valence-electron chi connectivity index (χ1n) is 9.64. The molecule has 1 fully saturated rings. The highest BCUT2D eigenvalue weighted by molar-refractivity contribution is 8.00. The van der Waals surface area contributed by atoms with Gasteiger partial charge in [0.2, 0.25) is 5.91 Å². The number of halogens is 1. The number of aromatic nitrogens is 2. The Morgan fingerprint density at radius 2 is 2.07 bits per heavy atom. The number of fused-ring (bicyclic) bond motifs is 1. The van der Waals surface area contributed by atoms with Gasteiger partial charge in [-0.2, -0.15) is 0 Å². The quantitative estimate of drug-likeness (QED) is 0.488. The number of rotatable bonds is 6. The maximum atomic E-state index is 13.3. The van der Waals surface area contributed by atoms with Gasteiger partial charge in [-0.3, -0.25) is 4.79 Å². The van der Waals surface area contributed by atoms with E-state index >= 15 is 0 Å². The van der Waals surface area contributed by atoms with Crippen LogP contribution in [-0.2, 0) is 9.53 Å². The number of amides is 1. The van der Waals surface area contributed by atoms with Crippen molar-refractivity contribution >= 4 is 28.6 Å². The third-order valence-corrected chi connectivity index (χ3v) is 5.80. The van der Waals surface area contributed by atoms with Gasteiger partial charge < -0.3 is 10.1 Å². The maximum Gasteiger partial charge on any atom is 0.230 e. The van der Waals surface area contributed by atoms with E-state index in [0.29, 0.717) is 12.4 Å². The number of aryl methyl sites for hydroxylation is 1. The van der Waals surface area contributed by atoms with Crippen molar-refractivity contribution in [2.45, 2.75) is 30.9 Å². The number of nitrogens with one attached hydrogen (secondary N) is 1. The molecule has 0 spiro atoms. The molecule has 0 unspecified atom stereocenters. The van der Waals surface area contributed by atoms with Crippen molar-refractivity contribution in [2.24, 2.45) is 0 Å². The highest BCUT2D eigenvalue weighted by Gasteiger charge is 2.17. The summed E-state index contributed by atoms with van der Waals surface area (Å²) in [6, 6.07) is 12.1. The molecule has 0 radical (unpaired) electrons. The van der Waals surface area contributed by atoms with Gasteiger partial charge in [-0.25, -0.2) is 14.4 Å². The predicted molar refractivity (Wildman–Crippen MR) is 112 cm³/mol. The van der Waals surface area contributed by atoms with E-state index in [0.717, 1.165) is 46.5 Å². The Bertz CT molecular complexity index is 1020. The second-order valence-electron chi connectivity index (χ2n) is 7.11. The van der Waals surface area contributed by atoms with Gasteiger partial charge >= 0.3 is 0 Å². The zero-order valence-electron chi connectivity index (χ0n) is 16.2. The van der Waals surface area contributed by atoms with Crippen molar-refractivity contribution in [1.29, 1.82) is 0 Å². The van der Waals surface area contributed by atoms with Crippen molar-refractivity contribution in [3.63, 3.8) is 0 Å². The van der Waals surface area contributed by atoms with Crippen LogP contribution in [0.2, 0.25) is 0 Å². The molecule has 1 atom stereocenters. The summed E-state index contributed by atoms with van der Waals surface area (Å²) < 4.78 is 18.8. The zero-order valence-corrected chi connectivity index (χ0v) is 17.0. The Morgan fingerprint density at radius 3 is 2.83 bits per heavy atom. The standard InChI is InChI=1S/C22H22FN3O2S/c1-14-4-9-19-18(11-14)22(26-21(25-19)15-5-7-16(23)8-6-15)29-13-20(27)24-12-17-3-2-10-28-17/h4-9,11,17H,2-3,10,12-13H2,1H3,(H,24,27)/t17-/m0/s1. The van der Waals surface area contributed by atoms with Gasteiger partial charge in [0.15, 0.2) is 5.82 Å². The lowest BCUT2D eigenvalue weighted by Gasteiger charge is -2.12. The Kier molecular flexibility index (Phi) is 6.06. The lowest BCUT2D eigenvalue weighted by atomic mass is 10.1. The monoisotopic (exact) mass is 411 g/mol. The minimum absolute atomic E-state index is 0.0479. The number of carbonyl (C=O) groups excluding carboxylic acids is 1. The molecule has 0 saturated carbocycles. The van der Waals surface area contributed by atoms with E-state index < -0.39 is 0 Å². The average Bonchev–Trinajstić information content (AvgIpc) is 3.24. The number of hydrogen-bond donors (Lipinski definition) is 1. The second-order valence-corrected chi connectivity index (χ2v) is 8.07. The van der Waals surface area contributed by atoms with Crippen LogP contribution in [0.25, 0.3) is 22.3 Å². The van der Waals surface area contributed by atoms with Gasteiger partial charge in [0.25, 0.3) is 0 Å². The van der Waals surface area contributed by atoms with E-state index in [-0.39, 0.29) is 23.6 Å². The summed E-state index contributed by atoms with van der Waals surface area (Å²) in [6.07, 6.45) is 2.16. The topological polar surface area (TPSA) is 64.1 Å². The summed E-state index contributed by atoms with van der Waals surface area (Å²) in [7, 11) is 0. The van der Waals surface area contributed by atoms with Crippen molar-refractivity contribution in [3.8, 4) is 11.4 Å². The Labute approximate surface area is 173 Å². The Balaban J connectivity index is 1.55. The van der Waals surface area contributed by atoms with Crippen molar-refractivity contribution in [3.05, 3.63) is 53.8 Å². The molecule has 5 nitrogen and oxygen atoms in total. The predicted octanol–water partition coefficient (Wildman–Crippen LogP) is 4.13. The van der Waals surface area contributed by atoms with Gasteiger partial charge in [0, 0.05) is 24.1 Å². The summed E-state index contributed by atoms with van der Waals surface area (Å²) >= 11 is 1.38. The molecule has 4 rings (SSSR count). The fraction of sp³-hybridized carbons (Fsp3) is 0.318. The van der Waals surface area contributed by atoms with Crippen LogP contribution in [0.5, 0.6) is 0 Å².